The summed E-state index contributed by atoms with van der Waals surface area (Å²) in [6.45, 7) is 3.67. The third kappa shape index (κ3) is 1.79. The number of aromatic carboxylic acids is 1. The minimum Gasteiger partial charge on any atom is -0.478 e. The molecule has 0 aliphatic heterocycles. The largest absolute Gasteiger partial charge is 0.478 e. The van der Waals surface area contributed by atoms with Gasteiger partial charge in [-0.15, -0.1) is 0 Å². The van der Waals surface area contributed by atoms with Crippen LogP contribution in [-0.4, -0.2) is 31.0 Å². The van der Waals surface area contributed by atoms with E-state index >= 15 is 0 Å². The van der Waals surface area contributed by atoms with E-state index in [2.05, 4.69) is 15.2 Å². The average Bonchev–Trinajstić information content (AvgIpc) is 2.76. The number of aromatic nitrogens is 4. The second-order valence-corrected chi connectivity index (χ2v) is 3.34. The molecule has 0 atom stereocenters. The van der Waals surface area contributed by atoms with Crippen LogP contribution in [0.2, 0.25) is 0 Å². The molecule has 0 amide bonds. The number of aryl methyl sites for hydroxylation is 1. The summed E-state index contributed by atoms with van der Waals surface area (Å²) < 4.78 is 6.43. The second kappa shape index (κ2) is 3.76. The minimum atomic E-state index is -0.995. The average molecular weight is 222 g/mol. The summed E-state index contributed by atoms with van der Waals surface area (Å²) >= 11 is 0. The molecule has 2 heterocycles. The van der Waals surface area contributed by atoms with E-state index in [0.717, 1.165) is 0 Å². The fourth-order valence-corrected chi connectivity index (χ4v) is 1.35. The van der Waals surface area contributed by atoms with Crippen molar-refractivity contribution in [3.8, 4) is 0 Å². The van der Waals surface area contributed by atoms with E-state index in [4.69, 9.17) is 9.63 Å². The lowest BCUT2D eigenvalue weighted by Crippen LogP contribution is -2.06. The van der Waals surface area contributed by atoms with E-state index in [9.17, 15) is 4.79 Å². The van der Waals surface area contributed by atoms with Crippen LogP contribution in [0.1, 0.15) is 27.8 Å². The zero-order valence-corrected chi connectivity index (χ0v) is 8.84. The summed E-state index contributed by atoms with van der Waals surface area (Å²) in [7, 11) is 0. The highest BCUT2D eigenvalue weighted by molar-refractivity contribution is 5.88. The highest BCUT2D eigenvalue weighted by Crippen LogP contribution is 2.09. The SMILES string of the molecule is Cc1noc(Cn2ncc(C(=O)O)c2C)n1. The fourth-order valence-electron chi connectivity index (χ4n) is 1.35. The zero-order chi connectivity index (χ0) is 11.7. The van der Waals surface area contributed by atoms with Crippen molar-refractivity contribution in [3.05, 3.63) is 29.2 Å². The smallest absolute Gasteiger partial charge is 0.339 e. The van der Waals surface area contributed by atoms with E-state index in [1.807, 2.05) is 0 Å². The summed E-state index contributed by atoms with van der Waals surface area (Å²) in [5, 5.41) is 16.4. The molecule has 0 unspecified atom stereocenters. The number of nitrogens with zero attached hydrogens (tertiary/aromatic N) is 4. The van der Waals surface area contributed by atoms with Crippen molar-refractivity contribution in [1.82, 2.24) is 19.9 Å². The van der Waals surface area contributed by atoms with Crippen LogP contribution in [0.5, 0.6) is 0 Å². The number of hydrogen-bond acceptors (Lipinski definition) is 5. The van der Waals surface area contributed by atoms with E-state index in [-0.39, 0.29) is 12.1 Å². The van der Waals surface area contributed by atoms with Crippen LogP contribution >= 0.6 is 0 Å². The molecule has 1 N–H and O–H groups in total. The maximum Gasteiger partial charge on any atom is 0.339 e. The van der Waals surface area contributed by atoms with Gasteiger partial charge >= 0.3 is 5.97 Å². The standard InChI is InChI=1S/C9H10N4O3/c1-5-7(9(14)15)3-10-13(5)4-8-11-6(2)12-16-8/h3H,4H2,1-2H3,(H,14,15). The van der Waals surface area contributed by atoms with Crippen molar-refractivity contribution < 1.29 is 14.4 Å². The Balaban J connectivity index is 2.25. The third-order valence-corrected chi connectivity index (χ3v) is 2.19. The molecule has 7 nitrogen and oxygen atoms in total. The molecule has 16 heavy (non-hydrogen) atoms. The molecule has 0 aliphatic carbocycles. The highest BCUT2D eigenvalue weighted by atomic mass is 16.5. The lowest BCUT2D eigenvalue weighted by atomic mass is 10.3. The van der Waals surface area contributed by atoms with Crippen LogP contribution in [-0.2, 0) is 6.54 Å². The van der Waals surface area contributed by atoms with Gasteiger partial charge in [0.25, 0.3) is 0 Å². The molecule has 2 aromatic heterocycles. The number of hydrogen-bond donors (Lipinski definition) is 1. The van der Waals surface area contributed by atoms with Crippen molar-refractivity contribution in [2.24, 2.45) is 0 Å². The molecular weight excluding hydrogens is 212 g/mol. The number of rotatable bonds is 3. The predicted molar refractivity (Wildman–Crippen MR) is 52.1 cm³/mol. The van der Waals surface area contributed by atoms with Gasteiger partial charge in [0.1, 0.15) is 12.1 Å². The normalized spacial score (nSPS) is 10.6. The summed E-state index contributed by atoms with van der Waals surface area (Å²) in [5.74, 6) is -0.0515. The van der Waals surface area contributed by atoms with Crippen LogP contribution in [0.25, 0.3) is 0 Å². The van der Waals surface area contributed by atoms with Gasteiger partial charge in [-0.25, -0.2) is 4.79 Å². The van der Waals surface area contributed by atoms with Crippen molar-refractivity contribution in [2.45, 2.75) is 20.4 Å². The molecule has 0 aromatic carbocycles. The Morgan fingerprint density at radius 1 is 1.56 bits per heavy atom. The number of carboxylic acids is 1. The van der Waals surface area contributed by atoms with Crippen molar-refractivity contribution >= 4 is 5.97 Å². The molecule has 7 heteroatoms. The van der Waals surface area contributed by atoms with Crippen LogP contribution in [0.15, 0.2) is 10.7 Å². The van der Waals surface area contributed by atoms with Gasteiger partial charge in [-0.05, 0) is 13.8 Å². The van der Waals surface area contributed by atoms with Crippen LogP contribution < -0.4 is 0 Å². The summed E-state index contributed by atoms with van der Waals surface area (Å²) in [4.78, 5) is 14.8. The lowest BCUT2D eigenvalue weighted by Gasteiger charge is -1.99. The first kappa shape index (κ1) is 10.3. The van der Waals surface area contributed by atoms with Gasteiger partial charge in [0.2, 0.25) is 5.89 Å². The maximum absolute atomic E-state index is 10.8. The van der Waals surface area contributed by atoms with E-state index < -0.39 is 5.97 Å². The van der Waals surface area contributed by atoms with Gasteiger partial charge in [-0.2, -0.15) is 10.1 Å². The highest BCUT2D eigenvalue weighted by Gasteiger charge is 2.14. The Labute approximate surface area is 90.7 Å². The quantitative estimate of drug-likeness (QED) is 0.818. The van der Waals surface area contributed by atoms with Gasteiger partial charge in [-0.3, -0.25) is 4.68 Å². The molecule has 84 valence electrons. The van der Waals surface area contributed by atoms with Gasteiger partial charge in [-0.1, -0.05) is 5.16 Å². The van der Waals surface area contributed by atoms with Crippen LogP contribution in [0.3, 0.4) is 0 Å². The summed E-state index contributed by atoms with van der Waals surface area (Å²) in [6.07, 6.45) is 1.31. The van der Waals surface area contributed by atoms with Gasteiger partial charge in [0.05, 0.1) is 11.9 Å². The molecule has 0 bridgehead atoms. The monoisotopic (exact) mass is 222 g/mol. The Morgan fingerprint density at radius 2 is 2.31 bits per heavy atom. The number of carbonyl (C=O) groups is 1. The summed E-state index contributed by atoms with van der Waals surface area (Å²) in [5.41, 5.74) is 0.736. The van der Waals surface area contributed by atoms with Gasteiger partial charge in [0.15, 0.2) is 5.82 Å². The van der Waals surface area contributed by atoms with E-state index in [1.165, 1.54) is 10.9 Å². The molecule has 0 saturated heterocycles. The van der Waals surface area contributed by atoms with E-state index in [0.29, 0.717) is 17.4 Å². The van der Waals surface area contributed by atoms with Gasteiger partial charge < -0.3 is 9.63 Å². The molecule has 0 aliphatic rings. The Kier molecular flexibility index (Phi) is 2.43. The topological polar surface area (TPSA) is 94.0 Å². The first-order chi connectivity index (χ1) is 7.58. The first-order valence-corrected chi connectivity index (χ1v) is 4.63. The lowest BCUT2D eigenvalue weighted by molar-refractivity contribution is 0.0696. The number of carboxylic acid groups (broad SMARTS) is 1. The van der Waals surface area contributed by atoms with Crippen LogP contribution in [0.4, 0.5) is 0 Å². The second-order valence-electron chi connectivity index (χ2n) is 3.34. The Morgan fingerprint density at radius 3 is 2.81 bits per heavy atom. The molecular formula is C9H10N4O3. The third-order valence-electron chi connectivity index (χ3n) is 2.19. The summed E-state index contributed by atoms with van der Waals surface area (Å²) in [6, 6.07) is 0. The van der Waals surface area contributed by atoms with Crippen molar-refractivity contribution in [1.29, 1.82) is 0 Å². The van der Waals surface area contributed by atoms with Crippen LogP contribution in [0, 0.1) is 13.8 Å². The fraction of sp³-hybridized carbons (Fsp3) is 0.333. The van der Waals surface area contributed by atoms with Gasteiger partial charge in [0, 0.05) is 0 Å². The molecule has 0 fully saturated rings. The Hall–Kier alpha value is -2.18. The molecule has 0 radical (unpaired) electrons. The first-order valence-electron chi connectivity index (χ1n) is 4.63. The van der Waals surface area contributed by atoms with Crippen molar-refractivity contribution in [3.63, 3.8) is 0 Å². The predicted octanol–water partition coefficient (Wildman–Crippen LogP) is 0.629. The van der Waals surface area contributed by atoms with Crippen molar-refractivity contribution in [2.75, 3.05) is 0 Å². The molecule has 2 aromatic rings. The Bertz CT molecular complexity index is 529. The molecule has 2 rings (SSSR count). The maximum atomic E-state index is 10.8. The molecule has 0 spiro atoms. The van der Waals surface area contributed by atoms with E-state index in [1.54, 1.807) is 13.8 Å². The minimum absolute atomic E-state index is 0.177. The molecule has 0 saturated carbocycles. The zero-order valence-electron chi connectivity index (χ0n) is 8.84.